The zero-order valence-electron chi connectivity index (χ0n) is 15.0. The first kappa shape index (κ1) is 15.4. The molecular formula is C21H29N. The summed E-state index contributed by atoms with van der Waals surface area (Å²) in [6.07, 6.45) is 4.87. The summed E-state index contributed by atoms with van der Waals surface area (Å²) in [6, 6.07) is 7.36. The molecule has 0 saturated carbocycles. The van der Waals surface area contributed by atoms with Crippen molar-refractivity contribution in [2.75, 3.05) is 5.32 Å². The van der Waals surface area contributed by atoms with E-state index in [2.05, 4.69) is 84.1 Å². The third-order valence-corrected chi connectivity index (χ3v) is 4.99. The Bertz CT molecular complexity index is 662. The Morgan fingerprint density at radius 3 is 2.23 bits per heavy atom. The van der Waals surface area contributed by atoms with Crippen molar-refractivity contribution in [1.29, 1.82) is 0 Å². The molecule has 1 aliphatic heterocycles. The lowest BCUT2D eigenvalue weighted by molar-refractivity contribution is 0.503. The molecule has 0 fully saturated rings. The Kier molecular flexibility index (Phi) is 3.32. The number of anilines is 1. The van der Waals surface area contributed by atoms with Crippen molar-refractivity contribution in [3.05, 3.63) is 47.1 Å². The monoisotopic (exact) mass is 295 g/mol. The molecule has 1 heteroatoms. The summed E-state index contributed by atoms with van der Waals surface area (Å²) in [5.41, 5.74) is 7.43. The van der Waals surface area contributed by atoms with Crippen LogP contribution in [-0.4, -0.2) is 6.04 Å². The SMILES string of the molecule is CC1C=C(C(C)(C)C)C=C2c3cc(C(C)(C)C)ccc3NC21. The van der Waals surface area contributed by atoms with Crippen LogP contribution in [0.25, 0.3) is 5.57 Å². The quantitative estimate of drug-likeness (QED) is 0.639. The molecule has 2 aliphatic rings. The van der Waals surface area contributed by atoms with Crippen LogP contribution in [0.5, 0.6) is 0 Å². The lowest BCUT2D eigenvalue weighted by atomic mass is 9.76. The maximum atomic E-state index is 3.72. The van der Waals surface area contributed by atoms with Gasteiger partial charge < -0.3 is 5.32 Å². The lowest BCUT2D eigenvalue weighted by Gasteiger charge is -2.30. The predicted octanol–water partition coefficient (Wildman–Crippen LogP) is 5.78. The molecular weight excluding hydrogens is 266 g/mol. The number of hydrogen-bond donors (Lipinski definition) is 1. The van der Waals surface area contributed by atoms with Gasteiger partial charge in [0.05, 0.1) is 6.04 Å². The van der Waals surface area contributed by atoms with Gasteiger partial charge in [0.25, 0.3) is 0 Å². The van der Waals surface area contributed by atoms with E-state index in [4.69, 9.17) is 0 Å². The number of nitrogens with one attached hydrogen (secondary N) is 1. The highest BCUT2D eigenvalue weighted by Crippen LogP contribution is 2.45. The Morgan fingerprint density at radius 2 is 1.64 bits per heavy atom. The molecule has 0 spiro atoms. The molecule has 2 atom stereocenters. The molecule has 1 aromatic carbocycles. The summed E-state index contributed by atoms with van der Waals surface area (Å²) < 4.78 is 0. The molecule has 2 unspecified atom stereocenters. The molecule has 1 nitrogen and oxygen atoms in total. The fourth-order valence-electron chi connectivity index (χ4n) is 3.43. The Balaban J connectivity index is 2.10. The highest BCUT2D eigenvalue weighted by molar-refractivity contribution is 5.89. The first-order chi connectivity index (χ1) is 10.1. The van der Waals surface area contributed by atoms with Crippen molar-refractivity contribution in [2.45, 2.75) is 59.9 Å². The highest BCUT2D eigenvalue weighted by Gasteiger charge is 2.34. The summed E-state index contributed by atoms with van der Waals surface area (Å²) in [5, 5.41) is 3.72. The van der Waals surface area contributed by atoms with Gasteiger partial charge in [-0.05, 0) is 45.6 Å². The van der Waals surface area contributed by atoms with Crippen LogP contribution in [0.2, 0.25) is 0 Å². The summed E-state index contributed by atoms with van der Waals surface area (Å²) in [5.74, 6) is 0.528. The summed E-state index contributed by atoms with van der Waals surface area (Å²) >= 11 is 0. The van der Waals surface area contributed by atoms with Crippen molar-refractivity contribution in [2.24, 2.45) is 11.3 Å². The van der Waals surface area contributed by atoms with Crippen LogP contribution >= 0.6 is 0 Å². The molecule has 118 valence electrons. The molecule has 1 heterocycles. The first-order valence-corrected chi connectivity index (χ1v) is 8.43. The van der Waals surface area contributed by atoms with Gasteiger partial charge >= 0.3 is 0 Å². The summed E-state index contributed by atoms with van der Waals surface area (Å²) in [4.78, 5) is 0. The van der Waals surface area contributed by atoms with Gasteiger partial charge in [-0.25, -0.2) is 0 Å². The highest BCUT2D eigenvalue weighted by atomic mass is 15.0. The number of rotatable bonds is 0. The third kappa shape index (κ3) is 2.51. The molecule has 3 rings (SSSR count). The van der Waals surface area contributed by atoms with Crippen molar-refractivity contribution >= 4 is 11.3 Å². The van der Waals surface area contributed by atoms with E-state index in [0.717, 1.165) is 0 Å². The van der Waals surface area contributed by atoms with Crippen molar-refractivity contribution < 1.29 is 0 Å². The lowest BCUT2D eigenvalue weighted by Crippen LogP contribution is -2.27. The second-order valence-electron chi connectivity index (χ2n) is 8.96. The first-order valence-electron chi connectivity index (χ1n) is 8.43. The van der Waals surface area contributed by atoms with Gasteiger partial charge in [-0.15, -0.1) is 0 Å². The van der Waals surface area contributed by atoms with Gasteiger partial charge in [0.15, 0.2) is 0 Å². The fourth-order valence-corrected chi connectivity index (χ4v) is 3.43. The zero-order valence-corrected chi connectivity index (χ0v) is 15.0. The summed E-state index contributed by atoms with van der Waals surface area (Å²) in [6.45, 7) is 16.1. The Morgan fingerprint density at radius 1 is 0.955 bits per heavy atom. The van der Waals surface area contributed by atoms with Crippen molar-refractivity contribution in [3.8, 4) is 0 Å². The number of allylic oxidation sites excluding steroid dienone is 2. The Labute approximate surface area is 135 Å². The smallest absolute Gasteiger partial charge is 0.0580 e. The predicted molar refractivity (Wildman–Crippen MR) is 97.2 cm³/mol. The zero-order chi connectivity index (χ0) is 16.3. The van der Waals surface area contributed by atoms with E-state index >= 15 is 0 Å². The molecule has 0 radical (unpaired) electrons. The van der Waals surface area contributed by atoms with Crippen molar-refractivity contribution in [1.82, 2.24) is 0 Å². The summed E-state index contributed by atoms with van der Waals surface area (Å²) in [7, 11) is 0. The second kappa shape index (κ2) is 4.75. The van der Waals surface area contributed by atoms with Crippen LogP contribution in [0.4, 0.5) is 5.69 Å². The minimum absolute atomic E-state index is 0.191. The largest absolute Gasteiger partial charge is 0.377 e. The van der Waals surface area contributed by atoms with E-state index < -0.39 is 0 Å². The molecule has 0 saturated heterocycles. The molecule has 1 aromatic rings. The van der Waals surface area contributed by atoms with E-state index in [1.54, 1.807) is 0 Å². The topological polar surface area (TPSA) is 12.0 Å². The standard InChI is InChI=1S/C21H29N/c1-13-10-15(21(5,6)7)12-17-16-11-14(20(2,3)4)8-9-18(16)22-19(13)17/h8-13,19,22H,1-7H3. The minimum atomic E-state index is 0.191. The van der Waals surface area contributed by atoms with Crippen LogP contribution in [-0.2, 0) is 5.41 Å². The van der Waals surface area contributed by atoms with Gasteiger partial charge in [0.1, 0.15) is 0 Å². The van der Waals surface area contributed by atoms with Crippen LogP contribution in [0.15, 0.2) is 35.9 Å². The van der Waals surface area contributed by atoms with Gasteiger partial charge in [0.2, 0.25) is 0 Å². The third-order valence-electron chi connectivity index (χ3n) is 4.99. The van der Waals surface area contributed by atoms with Gasteiger partial charge in [-0.1, -0.05) is 66.7 Å². The van der Waals surface area contributed by atoms with E-state index in [0.29, 0.717) is 12.0 Å². The second-order valence-corrected chi connectivity index (χ2v) is 8.96. The van der Waals surface area contributed by atoms with Gasteiger partial charge in [-0.3, -0.25) is 0 Å². The van der Waals surface area contributed by atoms with Crippen molar-refractivity contribution in [3.63, 3.8) is 0 Å². The molecule has 0 aromatic heterocycles. The van der Waals surface area contributed by atoms with E-state index in [9.17, 15) is 0 Å². The van der Waals surface area contributed by atoms with Crippen LogP contribution in [0.1, 0.15) is 59.6 Å². The fraction of sp³-hybridized carbons (Fsp3) is 0.524. The average molecular weight is 295 g/mol. The van der Waals surface area contributed by atoms with Gasteiger partial charge in [0, 0.05) is 11.3 Å². The number of fused-ring (bicyclic) bond motifs is 3. The maximum Gasteiger partial charge on any atom is 0.0580 e. The van der Waals surface area contributed by atoms with E-state index in [-0.39, 0.29) is 10.8 Å². The molecule has 1 aliphatic carbocycles. The van der Waals surface area contributed by atoms with Crippen LogP contribution in [0, 0.1) is 11.3 Å². The Hall–Kier alpha value is -1.50. The normalized spacial score (nSPS) is 24.1. The number of hydrogen-bond acceptors (Lipinski definition) is 1. The average Bonchev–Trinajstić information content (AvgIpc) is 2.75. The maximum absolute atomic E-state index is 3.72. The molecule has 0 amide bonds. The number of benzene rings is 1. The van der Waals surface area contributed by atoms with E-state index in [1.807, 2.05) is 0 Å². The van der Waals surface area contributed by atoms with E-state index in [1.165, 1.54) is 28.0 Å². The molecule has 22 heavy (non-hydrogen) atoms. The van der Waals surface area contributed by atoms with Crippen LogP contribution < -0.4 is 5.32 Å². The molecule has 0 bridgehead atoms. The van der Waals surface area contributed by atoms with Gasteiger partial charge in [-0.2, -0.15) is 0 Å². The van der Waals surface area contributed by atoms with Crippen LogP contribution in [0.3, 0.4) is 0 Å². The molecule has 1 N–H and O–H groups in total. The minimum Gasteiger partial charge on any atom is -0.377 e.